The van der Waals surface area contributed by atoms with Gasteiger partial charge in [0.05, 0.1) is 30.4 Å². The second kappa shape index (κ2) is 7.63. The summed E-state index contributed by atoms with van der Waals surface area (Å²) < 4.78 is 43.3. The molecule has 134 valence electrons. The SMILES string of the molecule is N#C/C(=C\c1ccc(N2CCOCC2)cc1)c1ccc(C(F)(F)F)cc1. The normalized spacial score (nSPS) is 15.6. The van der Waals surface area contributed by atoms with Crippen molar-refractivity contribution in [2.75, 3.05) is 31.2 Å². The summed E-state index contributed by atoms with van der Waals surface area (Å²) in [5, 5.41) is 9.37. The van der Waals surface area contributed by atoms with Crippen molar-refractivity contribution in [3.63, 3.8) is 0 Å². The first-order chi connectivity index (χ1) is 12.5. The topological polar surface area (TPSA) is 36.3 Å². The van der Waals surface area contributed by atoms with Crippen LogP contribution in [0.15, 0.2) is 48.5 Å². The molecule has 0 amide bonds. The van der Waals surface area contributed by atoms with E-state index in [4.69, 9.17) is 4.74 Å². The predicted molar refractivity (Wildman–Crippen MR) is 94.4 cm³/mol. The van der Waals surface area contributed by atoms with Crippen LogP contribution in [-0.4, -0.2) is 26.3 Å². The lowest BCUT2D eigenvalue weighted by Gasteiger charge is -2.28. The van der Waals surface area contributed by atoms with E-state index in [-0.39, 0.29) is 0 Å². The summed E-state index contributed by atoms with van der Waals surface area (Å²) in [7, 11) is 0. The number of ether oxygens (including phenoxy) is 1. The molecule has 1 aliphatic heterocycles. The molecule has 1 fully saturated rings. The summed E-state index contributed by atoms with van der Waals surface area (Å²) in [6, 6.07) is 14.4. The average molecular weight is 358 g/mol. The standard InChI is InChI=1S/C20H17F3N2O/c21-20(22,23)18-5-3-16(4-6-18)17(14-24)13-15-1-7-19(8-2-15)25-9-11-26-12-10-25/h1-8,13H,9-12H2/b17-13+. The van der Waals surface area contributed by atoms with Crippen molar-refractivity contribution in [1.29, 1.82) is 5.26 Å². The average Bonchev–Trinajstić information content (AvgIpc) is 2.67. The molecule has 1 heterocycles. The van der Waals surface area contributed by atoms with Gasteiger partial charge in [0, 0.05) is 18.8 Å². The number of alkyl halides is 3. The maximum atomic E-state index is 12.6. The summed E-state index contributed by atoms with van der Waals surface area (Å²) in [5.41, 5.74) is 1.95. The van der Waals surface area contributed by atoms with Gasteiger partial charge in [0.15, 0.2) is 0 Å². The van der Waals surface area contributed by atoms with Gasteiger partial charge in [0.1, 0.15) is 0 Å². The van der Waals surface area contributed by atoms with Crippen LogP contribution in [0.2, 0.25) is 0 Å². The molecule has 0 saturated carbocycles. The summed E-state index contributed by atoms with van der Waals surface area (Å²) in [6.07, 6.45) is -2.71. The summed E-state index contributed by atoms with van der Waals surface area (Å²) >= 11 is 0. The Morgan fingerprint density at radius 2 is 1.62 bits per heavy atom. The molecule has 2 aromatic carbocycles. The molecule has 1 saturated heterocycles. The molecule has 0 aliphatic carbocycles. The minimum absolute atomic E-state index is 0.317. The van der Waals surface area contributed by atoms with Crippen LogP contribution in [0, 0.1) is 11.3 Å². The Labute approximate surface area is 149 Å². The first-order valence-electron chi connectivity index (χ1n) is 8.19. The molecule has 26 heavy (non-hydrogen) atoms. The van der Waals surface area contributed by atoms with Gasteiger partial charge < -0.3 is 9.64 Å². The van der Waals surface area contributed by atoms with Gasteiger partial charge in [0.2, 0.25) is 0 Å². The minimum Gasteiger partial charge on any atom is -0.378 e. The minimum atomic E-state index is -4.38. The Morgan fingerprint density at radius 1 is 1.00 bits per heavy atom. The van der Waals surface area contributed by atoms with Crippen LogP contribution in [0.5, 0.6) is 0 Å². The molecular formula is C20H17F3N2O. The van der Waals surface area contributed by atoms with Gasteiger partial charge >= 0.3 is 6.18 Å². The highest BCUT2D eigenvalue weighted by Crippen LogP contribution is 2.30. The Bertz CT molecular complexity index is 812. The van der Waals surface area contributed by atoms with Crippen molar-refractivity contribution >= 4 is 17.3 Å². The molecule has 1 aliphatic rings. The van der Waals surface area contributed by atoms with Crippen LogP contribution >= 0.6 is 0 Å². The Kier molecular flexibility index (Phi) is 5.29. The van der Waals surface area contributed by atoms with Crippen molar-refractivity contribution in [2.45, 2.75) is 6.18 Å². The van der Waals surface area contributed by atoms with E-state index in [2.05, 4.69) is 11.0 Å². The molecule has 3 rings (SSSR count). The maximum absolute atomic E-state index is 12.6. The number of anilines is 1. The van der Waals surface area contributed by atoms with Crippen LogP contribution in [0.3, 0.4) is 0 Å². The van der Waals surface area contributed by atoms with Crippen molar-refractivity contribution in [1.82, 2.24) is 0 Å². The first-order valence-corrected chi connectivity index (χ1v) is 8.19. The molecule has 0 bridgehead atoms. The Balaban J connectivity index is 1.79. The highest BCUT2D eigenvalue weighted by Gasteiger charge is 2.30. The Hall–Kier alpha value is -2.78. The van der Waals surface area contributed by atoms with Gasteiger partial charge in [-0.05, 0) is 41.5 Å². The number of nitriles is 1. The van der Waals surface area contributed by atoms with Crippen LogP contribution < -0.4 is 4.90 Å². The largest absolute Gasteiger partial charge is 0.416 e. The molecule has 0 spiro atoms. The maximum Gasteiger partial charge on any atom is 0.416 e. The zero-order chi connectivity index (χ0) is 18.6. The lowest BCUT2D eigenvalue weighted by atomic mass is 10.0. The van der Waals surface area contributed by atoms with Crippen LogP contribution in [0.25, 0.3) is 11.6 Å². The fourth-order valence-electron chi connectivity index (χ4n) is 2.79. The number of hydrogen-bond acceptors (Lipinski definition) is 3. The van der Waals surface area contributed by atoms with Gasteiger partial charge in [-0.2, -0.15) is 18.4 Å². The molecule has 0 atom stereocenters. The zero-order valence-electron chi connectivity index (χ0n) is 14.0. The first kappa shape index (κ1) is 18.0. The van der Waals surface area contributed by atoms with E-state index in [0.29, 0.717) is 24.4 Å². The molecular weight excluding hydrogens is 341 g/mol. The second-order valence-corrected chi connectivity index (χ2v) is 5.94. The highest BCUT2D eigenvalue weighted by atomic mass is 19.4. The summed E-state index contributed by atoms with van der Waals surface area (Å²) in [4.78, 5) is 2.22. The van der Waals surface area contributed by atoms with E-state index in [0.717, 1.165) is 36.5 Å². The Morgan fingerprint density at radius 3 is 2.15 bits per heavy atom. The zero-order valence-corrected chi connectivity index (χ0v) is 14.0. The third kappa shape index (κ3) is 4.24. The van der Waals surface area contributed by atoms with E-state index < -0.39 is 11.7 Å². The molecule has 0 radical (unpaired) electrons. The molecule has 0 unspecified atom stereocenters. The summed E-state index contributed by atoms with van der Waals surface area (Å²) in [6.45, 7) is 3.08. The van der Waals surface area contributed by atoms with Crippen LogP contribution in [-0.2, 0) is 10.9 Å². The smallest absolute Gasteiger partial charge is 0.378 e. The number of nitrogens with zero attached hydrogens (tertiary/aromatic N) is 2. The lowest BCUT2D eigenvalue weighted by Crippen LogP contribution is -2.36. The number of halogens is 3. The van der Waals surface area contributed by atoms with E-state index in [1.807, 2.05) is 24.3 Å². The van der Waals surface area contributed by atoms with E-state index in [1.165, 1.54) is 12.1 Å². The van der Waals surface area contributed by atoms with Gasteiger partial charge in [-0.15, -0.1) is 0 Å². The highest BCUT2D eigenvalue weighted by molar-refractivity contribution is 5.89. The number of allylic oxidation sites excluding steroid dienone is 1. The van der Waals surface area contributed by atoms with E-state index in [1.54, 1.807) is 6.08 Å². The molecule has 3 nitrogen and oxygen atoms in total. The molecule has 2 aromatic rings. The lowest BCUT2D eigenvalue weighted by molar-refractivity contribution is -0.137. The van der Waals surface area contributed by atoms with Crippen LogP contribution in [0.1, 0.15) is 16.7 Å². The molecule has 0 N–H and O–H groups in total. The molecule has 0 aromatic heterocycles. The monoisotopic (exact) mass is 358 g/mol. The third-order valence-electron chi connectivity index (χ3n) is 4.22. The van der Waals surface area contributed by atoms with Gasteiger partial charge in [-0.1, -0.05) is 24.3 Å². The fraction of sp³-hybridized carbons (Fsp3) is 0.250. The summed E-state index contributed by atoms with van der Waals surface area (Å²) in [5.74, 6) is 0. The number of rotatable bonds is 3. The van der Waals surface area contributed by atoms with E-state index >= 15 is 0 Å². The van der Waals surface area contributed by atoms with Crippen LogP contribution in [0.4, 0.5) is 18.9 Å². The van der Waals surface area contributed by atoms with Crippen molar-refractivity contribution < 1.29 is 17.9 Å². The number of hydrogen-bond donors (Lipinski definition) is 0. The number of morpholine rings is 1. The van der Waals surface area contributed by atoms with Crippen molar-refractivity contribution in [2.24, 2.45) is 0 Å². The second-order valence-electron chi connectivity index (χ2n) is 5.94. The van der Waals surface area contributed by atoms with Gasteiger partial charge in [-0.3, -0.25) is 0 Å². The predicted octanol–water partition coefficient (Wildman–Crippen LogP) is 4.61. The van der Waals surface area contributed by atoms with Crippen molar-refractivity contribution in [3.8, 4) is 6.07 Å². The quantitative estimate of drug-likeness (QED) is 0.594. The van der Waals surface area contributed by atoms with E-state index in [9.17, 15) is 18.4 Å². The third-order valence-corrected chi connectivity index (χ3v) is 4.22. The van der Waals surface area contributed by atoms with Gasteiger partial charge in [-0.25, -0.2) is 0 Å². The molecule has 6 heteroatoms. The van der Waals surface area contributed by atoms with Crippen molar-refractivity contribution in [3.05, 3.63) is 65.2 Å². The van der Waals surface area contributed by atoms with Gasteiger partial charge in [0.25, 0.3) is 0 Å². The fourth-order valence-corrected chi connectivity index (χ4v) is 2.79. The number of benzene rings is 2.